The quantitative estimate of drug-likeness (QED) is 0.926. The lowest BCUT2D eigenvalue weighted by Crippen LogP contribution is -1.94. The van der Waals surface area contributed by atoms with Crippen LogP contribution in [0.4, 0.5) is 0 Å². The Morgan fingerprint density at radius 2 is 2.11 bits per heavy atom. The van der Waals surface area contributed by atoms with E-state index >= 15 is 0 Å². The van der Waals surface area contributed by atoms with Crippen molar-refractivity contribution >= 4 is 26.7 Å². The predicted octanol–water partition coefficient (Wildman–Crippen LogP) is 2.72. The molecule has 1 aromatic rings. The molecule has 1 aliphatic carbocycles. The Bertz CT molecular complexity index is 534. The second-order valence-corrected chi connectivity index (χ2v) is 8.11. The van der Waals surface area contributed by atoms with Crippen molar-refractivity contribution in [3.8, 4) is 0 Å². The predicted molar refractivity (Wildman–Crippen MR) is 74.4 cm³/mol. The van der Waals surface area contributed by atoms with Gasteiger partial charge in [0.1, 0.15) is 4.21 Å². The van der Waals surface area contributed by atoms with Crippen LogP contribution in [0.2, 0.25) is 0 Å². The van der Waals surface area contributed by atoms with Crippen LogP contribution >= 0.6 is 11.3 Å². The molecule has 0 atom stereocenters. The molecule has 0 radical (unpaired) electrons. The summed E-state index contributed by atoms with van der Waals surface area (Å²) in [7, 11) is -3.14. The standard InChI is InChI=1S/C13H18O3S2/c1-18(15,16)13-7-6-12(17-13)11(9-14)8-10-4-2-3-5-10/h6-8,10,14H,2-5,9H2,1H3/b11-8+. The molecule has 0 bridgehead atoms. The molecule has 0 aromatic carbocycles. The van der Waals surface area contributed by atoms with Gasteiger partial charge in [-0.3, -0.25) is 0 Å². The van der Waals surface area contributed by atoms with E-state index < -0.39 is 9.84 Å². The lowest BCUT2D eigenvalue weighted by atomic mass is 10.0. The molecule has 3 nitrogen and oxygen atoms in total. The molecule has 100 valence electrons. The van der Waals surface area contributed by atoms with E-state index in [4.69, 9.17) is 0 Å². The highest BCUT2D eigenvalue weighted by atomic mass is 32.2. The van der Waals surface area contributed by atoms with Gasteiger partial charge in [-0.15, -0.1) is 11.3 Å². The molecule has 1 saturated carbocycles. The fraction of sp³-hybridized carbons (Fsp3) is 0.538. The topological polar surface area (TPSA) is 54.4 Å². The van der Waals surface area contributed by atoms with E-state index in [0.29, 0.717) is 10.1 Å². The molecule has 0 spiro atoms. The zero-order valence-corrected chi connectivity index (χ0v) is 12.1. The second kappa shape index (κ2) is 5.55. The minimum atomic E-state index is -3.14. The molecule has 2 rings (SSSR count). The van der Waals surface area contributed by atoms with E-state index in [9.17, 15) is 13.5 Å². The highest BCUT2D eigenvalue weighted by Gasteiger charge is 2.16. The lowest BCUT2D eigenvalue weighted by molar-refractivity contribution is 0.349. The van der Waals surface area contributed by atoms with Crippen LogP contribution in [0.25, 0.3) is 5.57 Å². The molecule has 1 aromatic heterocycles. The first-order chi connectivity index (χ1) is 8.50. The van der Waals surface area contributed by atoms with E-state index in [2.05, 4.69) is 6.08 Å². The van der Waals surface area contributed by atoms with Crippen molar-refractivity contribution in [2.75, 3.05) is 12.9 Å². The van der Waals surface area contributed by atoms with Crippen molar-refractivity contribution < 1.29 is 13.5 Å². The van der Waals surface area contributed by atoms with Gasteiger partial charge in [0.05, 0.1) is 6.61 Å². The first kappa shape index (κ1) is 13.8. The summed E-state index contributed by atoms with van der Waals surface area (Å²) in [6, 6.07) is 3.41. The van der Waals surface area contributed by atoms with Crippen LogP contribution in [0.5, 0.6) is 0 Å². The van der Waals surface area contributed by atoms with Crippen molar-refractivity contribution in [3.05, 3.63) is 23.1 Å². The Hall–Kier alpha value is -0.650. The van der Waals surface area contributed by atoms with Crippen LogP contribution in [0.3, 0.4) is 0 Å². The fourth-order valence-corrected chi connectivity index (χ4v) is 4.26. The Kier molecular flexibility index (Phi) is 4.25. The van der Waals surface area contributed by atoms with Crippen LogP contribution in [-0.4, -0.2) is 26.4 Å². The number of allylic oxidation sites excluding steroid dienone is 1. The molecule has 5 heteroatoms. The first-order valence-electron chi connectivity index (χ1n) is 6.12. The molecule has 0 amide bonds. The van der Waals surface area contributed by atoms with E-state index in [1.807, 2.05) is 0 Å². The maximum absolute atomic E-state index is 11.4. The molecule has 1 aliphatic rings. The first-order valence-corrected chi connectivity index (χ1v) is 8.83. The Morgan fingerprint density at radius 1 is 1.44 bits per heavy atom. The summed E-state index contributed by atoms with van der Waals surface area (Å²) < 4.78 is 23.2. The van der Waals surface area contributed by atoms with Crippen LogP contribution < -0.4 is 0 Å². The van der Waals surface area contributed by atoms with Gasteiger partial charge >= 0.3 is 0 Å². The van der Waals surface area contributed by atoms with Crippen LogP contribution in [0.15, 0.2) is 22.4 Å². The summed E-state index contributed by atoms with van der Waals surface area (Å²) in [6.45, 7) is -0.0276. The van der Waals surface area contributed by atoms with Gasteiger partial charge in [0.25, 0.3) is 0 Å². The SMILES string of the molecule is CS(=O)(=O)c1ccc(/C(=C/C2CCCC2)CO)s1. The molecule has 0 unspecified atom stereocenters. The highest BCUT2D eigenvalue weighted by molar-refractivity contribution is 7.92. The van der Waals surface area contributed by atoms with Crippen molar-refractivity contribution in [3.63, 3.8) is 0 Å². The smallest absolute Gasteiger partial charge is 0.184 e. The van der Waals surface area contributed by atoms with Crippen LogP contribution in [0, 0.1) is 5.92 Å². The van der Waals surface area contributed by atoms with E-state index in [1.54, 1.807) is 12.1 Å². The monoisotopic (exact) mass is 286 g/mol. The lowest BCUT2D eigenvalue weighted by Gasteiger charge is -2.06. The van der Waals surface area contributed by atoms with Gasteiger partial charge in [0, 0.05) is 11.1 Å². The highest BCUT2D eigenvalue weighted by Crippen LogP contribution is 2.32. The zero-order chi connectivity index (χ0) is 13.2. The summed E-state index contributed by atoms with van der Waals surface area (Å²) in [6.07, 6.45) is 8.17. The number of hydrogen-bond acceptors (Lipinski definition) is 4. The zero-order valence-electron chi connectivity index (χ0n) is 10.4. The summed E-state index contributed by atoms with van der Waals surface area (Å²) in [5.74, 6) is 0.538. The third-order valence-corrected chi connectivity index (χ3v) is 6.25. The van der Waals surface area contributed by atoms with Gasteiger partial charge in [-0.05, 0) is 36.5 Å². The normalized spacial score (nSPS) is 18.4. The average molecular weight is 286 g/mol. The number of hydrogen-bond donors (Lipinski definition) is 1. The number of aliphatic hydroxyl groups is 1. The van der Waals surface area contributed by atoms with Crippen molar-refractivity contribution in [2.45, 2.75) is 29.9 Å². The molecule has 1 N–H and O–H groups in total. The average Bonchev–Trinajstić information content (AvgIpc) is 2.95. The number of rotatable bonds is 4. The number of sulfone groups is 1. The number of aliphatic hydroxyl groups excluding tert-OH is 1. The van der Waals surface area contributed by atoms with Gasteiger partial charge in [0.2, 0.25) is 0 Å². The van der Waals surface area contributed by atoms with Crippen molar-refractivity contribution in [1.29, 1.82) is 0 Å². The van der Waals surface area contributed by atoms with E-state index in [1.165, 1.54) is 43.3 Å². The fourth-order valence-electron chi connectivity index (χ4n) is 2.31. The minimum absolute atomic E-state index is 0.0276. The molecule has 1 fully saturated rings. The Morgan fingerprint density at radius 3 is 2.61 bits per heavy atom. The third-order valence-electron chi connectivity index (χ3n) is 3.27. The summed E-state index contributed by atoms with van der Waals surface area (Å²) in [5, 5.41) is 9.44. The van der Waals surface area contributed by atoms with E-state index in [0.717, 1.165) is 10.5 Å². The Balaban J connectivity index is 2.25. The second-order valence-electron chi connectivity index (χ2n) is 4.79. The maximum atomic E-state index is 11.4. The van der Waals surface area contributed by atoms with Crippen molar-refractivity contribution in [2.24, 2.45) is 5.92 Å². The summed E-state index contributed by atoms with van der Waals surface area (Å²) >= 11 is 1.24. The van der Waals surface area contributed by atoms with Gasteiger partial charge < -0.3 is 5.11 Å². The maximum Gasteiger partial charge on any atom is 0.184 e. The molecular weight excluding hydrogens is 268 g/mol. The molecular formula is C13H18O3S2. The van der Waals surface area contributed by atoms with Crippen molar-refractivity contribution in [1.82, 2.24) is 0 Å². The van der Waals surface area contributed by atoms with Gasteiger partial charge in [-0.1, -0.05) is 18.9 Å². The van der Waals surface area contributed by atoms with E-state index in [-0.39, 0.29) is 6.61 Å². The minimum Gasteiger partial charge on any atom is -0.392 e. The molecule has 0 saturated heterocycles. The van der Waals surface area contributed by atoms with Gasteiger partial charge in [-0.2, -0.15) is 0 Å². The molecule has 1 heterocycles. The summed E-state index contributed by atoms with van der Waals surface area (Å²) in [4.78, 5) is 0.866. The van der Waals surface area contributed by atoms with Gasteiger partial charge in [0.15, 0.2) is 9.84 Å². The largest absolute Gasteiger partial charge is 0.392 e. The Labute approximate surface area is 112 Å². The van der Waals surface area contributed by atoms with Crippen LogP contribution in [0.1, 0.15) is 30.6 Å². The third kappa shape index (κ3) is 3.22. The van der Waals surface area contributed by atoms with Crippen LogP contribution in [-0.2, 0) is 9.84 Å². The molecule has 18 heavy (non-hydrogen) atoms. The number of thiophene rings is 1. The molecule has 0 aliphatic heterocycles. The van der Waals surface area contributed by atoms with Gasteiger partial charge in [-0.25, -0.2) is 8.42 Å². The summed E-state index contributed by atoms with van der Waals surface area (Å²) in [5.41, 5.74) is 0.863.